The van der Waals surface area contributed by atoms with Gasteiger partial charge in [-0.1, -0.05) is 60.4 Å². The number of para-hydroxylation sites is 1. The molecule has 1 aliphatic heterocycles. The third kappa shape index (κ3) is 3.15. The topological polar surface area (TPSA) is 3.24 Å². The summed E-state index contributed by atoms with van der Waals surface area (Å²) in [4.78, 5) is 2.33. The van der Waals surface area contributed by atoms with Crippen LogP contribution in [-0.4, -0.2) is 6.04 Å². The van der Waals surface area contributed by atoms with E-state index in [9.17, 15) is 0 Å². The van der Waals surface area contributed by atoms with Gasteiger partial charge >= 0.3 is 0 Å². The molecule has 126 valence electrons. The predicted molar refractivity (Wildman–Crippen MR) is 111 cm³/mol. The van der Waals surface area contributed by atoms with Gasteiger partial charge in [-0.15, -0.1) is 0 Å². The molecule has 0 aliphatic carbocycles. The molecule has 0 saturated carbocycles. The summed E-state index contributed by atoms with van der Waals surface area (Å²) in [5.41, 5.74) is 7.25. The molecule has 3 aromatic carbocycles. The maximum absolute atomic E-state index is 3.45. The fraction of sp³-hybridized carbons (Fsp3) is 0.120. The van der Waals surface area contributed by atoms with Crippen molar-refractivity contribution in [1.82, 2.24) is 0 Å². The van der Waals surface area contributed by atoms with Gasteiger partial charge in [0.05, 0.1) is 0 Å². The number of anilines is 2. The van der Waals surface area contributed by atoms with Gasteiger partial charge in [-0.2, -0.15) is 0 Å². The Morgan fingerprint density at radius 3 is 2.38 bits per heavy atom. The number of hydrogen-bond acceptors (Lipinski definition) is 1. The standard InChI is InChI=1S/C25H21N/c1-19-12-15-24(18-20(19)2)26-23(16-13-21-8-4-3-5-9-21)17-14-22-10-6-7-11-25(22)26/h3-12,14-15,17-18,23H,1-2H3. The Balaban J connectivity index is 1.80. The minimum Gasteiger partial charge on any atom is -0.323 e. The highest BCUT2D eigenvalue weighted by molar-refractivity contribution is 5.80. The monoisotopic (exact) mass is 335 g/mol. The Hall–Kier alpha value is -3.24. The van der Waals surface area contributed by atoms with E-state index in [1.54, 1.807) is 0 Å². The van der Waals surface area contributed by atoms with Gasteiger partial charge in [0.1, 0.15) is 6.04 Å². The van der Waals surface area contributed by atoms with Crippen molar-refractivity contribution in [3.63, 3.8) is 0 Å². The van der Waals surface area contributed by atoms with E-state index in [4.69, 9.17) is 0 Å². The molecule has 0 radical (unpaired) electrons. The molecule has 0 fully saturated rings. The zero-order valence-corrected chi connectivity index (χ0v) is 15.1. The van der Waals surface area contributed by atoms with Crippen molar-refractivity contribution >= 4 is 17.5 Å². The highest BCUT2D eigenvalue weighted by Crippen LogP contribution is 2.36. The molecule has 1 aliphatic rings. The van der Waals surface area contributed by atoms with Crippen LogP contribution in [0.25, 0.3) is 6.08 Å². The van der Waals surface area contributed by atoms with E-state index in [0.29, 0.717) is 0 Å². The van der Waals surface area contributed by atoms with Crippen LogP contribution in [0.3, 0.4) is 0 Å². The van der Waals surface area contributed by atoms with E-state index < -0.39 is 0 Å². The predicted octanol–water partition coefficient (Wildman–Crippen LogP) is 5.89. The zero-order chi connectivity index (χ0) is 17.9. The molecule has 1 unspecified atom stereocenters. The molecule has 0 spiro atoms. The molecule has 0 saturated heterocycles. The van der Waals surface area contributed by atoms with Crippen molar-refractivity contribution in [2.75, 3.05) is 4.90 Å². The number of rotatable bonds is 1. The van der Waals surface area contributed by atoms with Gasteiger partial charge in [0.25, 0.3) is 0 Å². The summed E-state index contributed by atoms with van der Waals surface area (Å²) in [6.45, 7) is 4.31. The van der Waals surface area contributed by atoms with Crippen molar-refractivity contribution in [1.29, 1.82) is 0 Å². The normalized spacial score (nSPS) is 15.2. The van der Waals surface area contributed by atoms with Crippen LogP contribution in [0.2, 0.25) is 0 Å². The molecule has 1 nitrogen and oxygen atoms in total. The van der Waals surface area contributed by atoms with E-state index >= 15 is 0 Å². The van der Waals surface area contributed by atoms with Crippen molar-refractivity contribution in [3.05, 3.63) is 101 Å². The zero-order valence-electron chi connectivity index (χ0n) is 15.1. The second-order valence-electron chi connectivity index (χ2n) is 6.64. The lowest BCUT2D eigenvalue weighted by molar-refractivity contribution is 0.958. The summed E-state index contributed by atoms with van der Waals surface area (Å²) in [6.07, 6.45) is 4.37. The van der Waals surface area contributed by atoms with E-state index in [0.717, 1.165) is 5.56 Å². The maximum atomic E-state index is 3.45. The highest BCUT2D eigenvalue weighted by Gasteiger charge is 2.22. The summed E-state index contributed by atoms with van der Waals surface area (Å²) < 4.78 is 0. The fourth-order valence-corrected chi connectivity index (χ4v) is 3.25. The van der Waals surface area contributed by atoms with E-state index in [1.165, 1.54) is 28.1 Å². The second kappa shape index (κ2) is 6.94. The first-order valence-corrected chi connectivity index (χ1v) is 8.93. The molecular formula is C25H21N. The highest BCUT2D eigenvalue weighted by atomic mass is 15.2. The molecule has 0 bridgehead atoms. The Bertz CT molecular complexity index is 1020. The largest absolute Gasteiger partial charge is 0.323 e. The lowest BCUT2D eigenvalue weighted by atomic mass is 10.0. The molecular weight excluding hydrogens is 314 g/mol. The molecule has 0 aromatic heterocycles. The minimum absolute atomic E-state index is 0.00668. The summed E-state index contributed by atoms with van der Waals surface area (Å²) >= 11 is 0. The van der Waals surface area contributed by atoms with E-state index in [-0.39, 0.29) is 6.04 Å². The van der Waals surface area contributed by atoms with Crippen LogP contribution < -0.4 is 4.90 Å². The molecule has 1 heteroatoms. The average molecular weight is 335 g/mol. The van der Waals surface area contributed by atoms with Crippen LogP contribution >= 0.6 is 0 Å². The van der Waals surface area contributed by atoms with Gasteiger partial charge in [0, 0.05) is 16.9 Å². The first-order valence-electron chi connectivity index (χ1n) is 8.93. The third-order valence-electron chi connectivity index (χ3n) is 4.84. The summed E-state index contributed by atoms with van der Waals surface area (Å²) in [5.74, 6) is 6.78. The van der Waals surface area contributed by atoms with Crippen LogP contribution in [0, 0.1) is 25.7 Å². The van der Waals surface area contributed by atoms with Crippen LogP contribution in [0.4, 0.5) is 11.4 Å². The number of fused-ring (bicyclic) bond motifs is 1. The number of aryl methyl sites for hydroxylation is 2. The molecule has 26 heavy (non-hydrogen) atoms. The Morgan fingerprint density at radius 2 is 1.58 bits per heavy atom. The third-order valence-corrected chi connectivity index (χ3v) is 4.84. The van der Waals surface area contributed by atoms with Crippen molar-refractivity contribution < 1.29 is 0 Å². The Labute approximate surface area is 155 Å². The second-order valence-corrected chi connectivity index (χ2v) is 6.64. The van der Waals surface area contributed by atoms with Gasteiger partial charge in [-0.05, 0) is 66.9 Å². The van der Waals surface area contributed by atoms with Crippen molar-refractivity contribution in [2.45, 2.75) is 19.9 Å². The number of benzene rings is 3. The van der Waals surface area contributed by atoms with Gasteiger partial charge in [0.2, 0.25) is 0 Å². The van der Waals surface area contributed by atoms with Crippen LogP contribution in [-0.2, 0) is 0 Å². The minimum atomic E-state index is 0.00668. The van der Waals surface area contributed by atoms with Crippen LogP contribution in [0.1, 0.15) is 22.3 Å². The van der Waals surface area contributed by atoms with Crippen LogP contribution in [0.15, 0.2) is 78.9 Å². The lowest BCUT2D eigenvalue weighted by Crippen LogP contribution is -2.30. The molecule has 0 N–H and O–H groups in total. The summed E-state index contributed by atoms with van der Waals surface area (Å²) in [5, 5.41) is 0. The fourth-order valence-electron chi connectivity index (χ4n) is 3.25. The van der Waals surface area contributed by atoms with Gasteiger partial charge in [-0.25, -0.2) is 0 Å². The smallest absolute Gasteiger partial charge is 0.114 e. The van der Waals surface area contributed by atoms with E-state index in [1.807, 2.05) is 30.3 Å². The SMILES string of the molecule is Cc1ccc(N2c3ccccc3C=CC2C#Cc2ccccc2)cc1C. The summed E-state index contributed by atoms with van der Waals surface area (Å²) in [6, 6.07) is 25.3. The molecule has 3 aromatic rings. The van der Waals surface area contributed by atoms with Crippen molar-refractivity contribution in [2.24, 2.45) is 0 Å². The van der Waals surface area contributed by atoms with Gasteiger partial charge < -0.3 is 4.90 Å². The molecule has 1 atom stereocenters. The number of hydrogen-bond donors (Lipinski definition) is 0. The summed E-state index contributed by atoms with van der Waals surface area (Å²) in [7, 11) is 0. The van der Waals surface area contributed by atoms with Gasteiger partial charge in [-0.3, -0.25) is 0 Å². The maximum Gasteiger partial charge on any atom is 0.114 e. The lowest BCUT2D eigenvalue weighted by Gasteiger charge is -2.33. The first-order chi connectivity index (χ1) is 12.7. The molecule has 4 rings (SSSR count). The van der Waals surface area contributed by atoms with Gasteiger partial charge in [0.15, 0.2) is 0 Å². The Kier molecular flexibility index (Phi) is 4.33. The first kappa shape index (κ1) is 16.2. The molecule has 0 amide bonds. The quantitative estimate of drug-likeness (QED) is 0.501. The van der Waals surface area contributed by atoms with Crippen LogP contribution in [0.5, 0.6) is 0 Å². The average Bonchev–Trinajstić information content (AvgIpc) is 2.69. The number of nitrogens with zero attached hydrogens (tertiary/aromatic N) is 1. The van der Waals surface area contributed by atoms with Crippen molar-refractivity contribution in [3.8, 4) is 11.8 Å². The Morgan fingerprint density at radius 1 is 0.808 bits per heavy atom. The van der Waals surface area contributed by atoms with E-state index in [2.05, 4.69) is 85.2 Å². The molecule has 1 heterocycles.